The van der Waals surface area contributed by atoms with Gasteiger partial charge in [-0.2, -0.15) is 0 Å². The Bertz CT molecular complexity index is 377. The monoisotopic (exact) mass is 255 g/mol. The second-order valence-corrected chi connectivity index (χ2v) is 5.07. The van der Waals surface area contributed by atoms with Gasteiger partial charge in [0.15, 0.2) is 0 Å². The van der Waals surface area contributed by atoms with Crippen molar-refractivity contribution in [3.05, 3.63) is 34.9 Å². The lowest BCUT2D eigenvalue weighted by Gasteiger charge is -2.40. The first-order chi connectivity index (χ1) is 8.18. The zero-order valence-corrected chi connectivity index (χ0v) is 10.5. The summed E-state index contributed by atoms with van der Waals surface area (Å²) >= 11 is 5.95. The lowest BCUT2D eigenvalue weighted by molar-refractivity contribution is -0.0581. The Morgan fingerprint density at radius 2 is 2.12 bits per heavy atom. The number of benzene rings is 1. The summed E-state index contributed by atoms with van der Waals surface area (Å²) in [6, 6.07) is 7.35. The van der Waals surface area contributed by atoms with Crippen LogP contribution in [0, 0.1) is 5.41 Å². The number of aliphatic hydroxyl groups excluding tert-OH is 1. The van der Waals surface area contributed by atoms with E-state index in [1.165, 1.54) is 0 Å². The van der Waals surface area contributed by atoms with Crippen molar-refractivity contribution in [3.63, 3.8) is 0 Å². The molecule has 1 aliphatic heterocycles. The number of nitrogens with two attached hydrogens (primary N) is 1. The normalized spacial score (nSPS) is 21.1. The van der Waals surface area contributed by atoms with Gasteiger partial charge in [0.1, 0.15) is 0 Å². The van der Waals surface area contributed by atoms with Gasteiger partial charge < -0.3 is 15.6 Å². The Morgan fingerprint density at radius 1 is 1.41 bits per heavy atom. The minimum Gasteiger partial charge on any atom is -0.388 e. The summed E-state index contributed by atoms with van der Waals surface area (Å²) in [5.74, 6) is 0. The van der Waals surface area contributed by atoms with Crippen molar-refractivity contribution in [1.82, 2.24) is 0 Å². The maximum atomic E-state index is 10.5. The molecule has 0 radical (unpaired) electrons. The van der Waals surface area contributed by atoms with Gasteiger partial charge in [-0.3, -0.25) is 0 Å². The largest absolute Gasteiger partial charge is 0.388 e. The standard InChI is InChI=1S/C13H18ClNO2/c14-11-3-1-2-10(8-11)12(16)13(9-15)4-6-17-7-5-13/h1-3,8,12,16H,4-7,9,15H2/t12-/m0/s1. The quantitative estimate of drug-likeness (QED) is 0.870. The zero-order valence-electron chi connectivity index (χ0n) is 9.73. The van der Waals surface area contributed by atoms with Crippen molar-refractivity contribution in [3.8, 4) is 0 Å². The van der Waals surface area contributed by atoms with E-state index in [4.69, 9.17) is 22.1 Å². The van der Waals surface area contributed by atoms with Gasteiger partial charge in [-0.05, 0) is 30.5 Å². The fourth-order valence-corrected chi connectivity index (χ4v) is 2.60. The fraction of sp³-hybridized carbons (Fsp3) is 0.538. The zero-order chi connectivity index (χ0) is 12.3. The third-order valence-electron chi connectivity index (χ3n) is 3.64. The molecule has 1 saturated heterocycles. The van der Waals surface area contributed by atoms with E-state index in [0.717, 1.165) is 18.4 Å². The van der Waals surface area contributed by atoms with Crippen LogP contribution in [0.4, 0.5) is 0 Å². The van der Waals surface area contributed by atoms with Crippen LogP contribution in [0.15, 0.2) is 24.3 Å². The molecule has 0 saturated carbocycles. The number of hydrogen-bond acceptors (Lipinski definition) is 3. The molecule has 3 nitrogen and oxygen atoms in total. The highest BCUT2D eigenvalue weighted by Gasteiger charge is 2.39. The number of rotatable bonds is 3. The number of halogens is 1. The van der Waals surface area contributed by atoms with Crippen LogP contribution in [0.1, 0.15) is 24.5 Å². The maximum Gasteiger partial charge on any atom is 0.0860 e. The van der Waals surface area contributed by atoms with Crippen molar-refractivity contribution in [1.29, 1.82) is 0 Å². The highest BCUT2D eigenvalue weighted by atomic mass is 35.5. The molecule has 0 unspecified atom stereocenters. The average Bonchev–Trinajstić information content (AvgIpc) is 2.38. The van der Waals surface area contributed by atoms with E-state index in [9.17, 15) is 5.11 Å². The molecule has 1 atom stereocenters. The molecule has 17 heavy (non-hydrogen) atoms. The minimum atomic E-state index is -0.574. The highest BCUT2D eigenvalue weighted by molar-refractivity contribution is 6.30. The van der Waals surface area contributed by atoms with Crippen LogP contribution >= 0.6 is 11.6 Å². The van der Waals surface area contributed by atoms with E-state index in [1.807, 2.05) is 12.1 Å². The predicted molar refractivity (Wildman–Crippen MR) is 68.0 cm³/mol. The highest BCUT2D eigenvalue weighted by Crippen LogP contribution is 2.41. The van der Waals surface area contributed by atoms with Crippen molar-refractivity contribution in [2.45, 2.75) is 18.9 Å². The van der Waals surface area contributed by atoms with Crippen LogP contribution in [-0.4, -0.2) is 24.9 Å². The molecule has 0 aromatic heterocycles. The third kappa shape index (κ3) is 2.63. The van der Waals surface area contributed by atoms with Gasteiger partial charge in [-0.15, -0.1) is 0 Å². The molecule has 1 aromatic carbocycles. The first-order valence-electron chi connectivity index (χ1n) is 5.89. The second kappa shape index (κ2) is 5.36. The van der Waals surface area contributed by atoms with Gasteiger partial charge in [0, 0.05) is 30.2 Å². The molecule has 1 heterocycles. The average molecular weight is 256 g/mol. The van der Waals surface area contributed by atoms with Crippen LogP contribution in [0.2, 0.25) is 5.02 Å². The van der Waals surface area contributed by atoms with Gasteiger partial charge in [-0.25, -0.2) is 0 Å². The van der Waals surface area contributed by atoms with E-state index >= 15 is 0 Å². The van der Waals surface area contributed by atoms with Gasteiger partial charge in [-0.1, -0.05) is 23.7 Å². The van der Waals surface area contributed by atoms with Gasteiger partial charge in [0.25, 0.3) is 0 Å². The lowest BCUT2D eigenvalue weighted by Crippen LogP contribution is -2.41. The molecule has 1 aliphatic rings. The van der Waals surface area contributed by atoms with E-state index in [-0.39, 0.29) is 5.41 Å². The van der Waals surface area contributed by atoms with Gasteiger partial charge in [0.05, 0.1) is 6.10 Å². The first kappa shape index (κ1) is 12.8. The van der Waals surface area contributed by atoms with Crippen molar-refractivity contribution >= 4 is 11.6 Å². The lowest BCUT2D eigenvalue weighted by atomic mass is 9.73. The smallest absolute Gasteiger partial charge is 0.0860 e. The predicted octanol–water partition coefficient (Wildman–Crippen LogP) is 2.13. The van der Waals surface area contributed by atoms with E-state index in [2.05, 4.69) is 0 Å². The van der Waals surface area contributed by atoms with Crippen LogP contribution in [0.5, 0.6) is 0 Å². The topological polar surface area (TPSA) is 55.5 Å². The van der Waals surface area contributed by atoms with E-state index < -0.39 is 6.10 Å². The Hall–Kier alpha value is -0.610. The molecule has 3 N–H and O–H groups in total. The Labute approximate surface area is 107 Å². The minimum absolute atomic E-state index is 0.275. The molecule has 2 rings (SSSR count). The molecular weight excluding hydrogens is 238 g/mol. The number of aliphatic hydroxyl groups is 1. The van der Waals surface area contributed by atoms with Crippen molar-refractivity contribution < 1.29 is 9.84 Å². The van der Waals surface area contributed by atoms with Crippen LogP contribution in [-0.2, 0) is 4.74 Å². The molecule has 0 aliphatic carbocycles. The van der Waals surface area contributed by atoms with Gasteiger partial charge >= 0.3 is 0 Å². The number of hydrogen-bond donors (Lipinski definition) is 2. The Kier molecular flexibility index (Phi) is 4.05. The molecule has 0 amide bonds. The summed E-state index contributed by atoms with van der Waals surface area (Å²) in [4.78, 5) is 0. The van der Waals surface area contributed by atoms with Crippen molar-refractivity contribution in [2.75, 3.05) is 19.8 Å². The van der Waals surface area contributed by atoms with Crippen LogP contribution in [0.3, 0.4) is 0 Å². The summed E-state index contributed by atoms with van der Waals surface area (Å²) in [5.41, 5.74) is 6.43. The molecule has 1 aromatic rings. The first-order valence-corrected chi connectivity index (χ1v) is 6.27. The second-order valence-electron chi connectivity index (χ2n) is 4.64. The molecule has 0 spiro atoms. The molecule has 4 heteroatoms. The van der Waals surface area contributed by atoms with Crippen LogP contribution < -0.4 is 5.73 Å². The summed E-state index contributed by atoms with van der Waals surface area (Å²) < 4.78 is 5.34. The molecular formula is C13H18ClNO2. The summed E-state index contributed by atoms with van der Waals surface area (Å²) in [5, 5.41) is 11.2. The number of ether oxygens (including phenoxy) is 1. The maximum absolute atomic E-state index is 10.5. The fourth-order valence-electron chi connectivity index (χ4n) is 2.40. The van der Waals surface area contributed by atoms with E-state index in [1.54, 1.807) is 12.1 Å². The Morgan fingerprint density at radius 3 is 2.71 bits per heavy atom. The third-order valence-corrected chi connectivity index (χ3v) is 3.87. The molecule has 94 valence electrons. The molecule has 0 bridgehead atoms. The van der Waals surface area contributed by atoms with E-state index in [0.29, 0.717) is 24.8 Å². The summed E-state index contributed by atoms with van der Waals surface area (Å²) in [6.45, 7) is 1.79. The SMILES string of the molecule is NCC1([C@@H](O)c2cccc(Cl)c2)CCOCC1. The summed E-state index contributed by atoms with van der Waals surface area (Å²) in [6.07, 6.45) is 1.00. The van der Waals surface area contributed by atoms with Crippen LogP contribution in [0.25, 0.3) is 0 Å². The van der Waals surface area contributed by atoms with Crippen molar-refractivity contribution in [2.24, 2.45) is 11.1 Å². The molecule has 1 fully saturated rings. The summed E-state index contributed by atoms with van der Waals surface area (Å²) in [7, 11) is 0. The Balaban J connectivity index is 2.24. The van der Waals surface area contributed by atoms with Gasteiger partial charge in [0.2, 0.25) is 0 Å².